The highest BCUT2D eigenvalue weighted by molar-refractivity contribution is 6.33. The first kappa shape index (κ1) is 22.2. The molecule has 0 spiro atoms. The zero-order chi connectivity index (χ0) is 21.9. The molecule has 1 fully saturated rings. The molecule has 0 N–H and O–H groups in total. The van der Waals surface area contributed by atoms with E-state index >= 15 is 0 Å². The highest BCUT2D eigenvalue weighted by Crippen LogP contribution is 2.42. The van der Waals surface area contributed by atoms with Gasteiger partial charge in [0.25, 0.3) is 5.91 Å². The first-order valence-electron chi connectivity index (χ1n) is 9.45. The summed E-state index contributed by atoms with van der Waals surface area (Å²) in [4.78, 5) is 39.5. The first-order chi connectivity index (χ1) is 14.3. The summed E-state index contributed by atoms with van der Waals surface area (Å²) < 4.78 is 18.9. The fraction of sp³-hybridized carbons (Fsp3) is 0.318. The van der Waals surface area contributed by atoms with E-state index in [4.69, 9.17) is 27.9 Å². The van der Waals surface area contributed by atoms with Gasteiger partial charge in [-0.2, -0.15) is 0 Å². The fourth-order valence-electron chi connectivity index (χ4n) is 3.83. The number of hydrogen-bond acceptors (Lipinski definition) is 4. The van der Waals surface area contributed by atoms with E-state index in [1.807, 2.05) is 0 Å². The number of Topliss-reactive ketones (excluding diaryl/α,β-unsaturated/α-hetero) is 1. The van der Waals surface area contributed by atoms with Gasteiger partial charge in [0.15, 0.2) is 12.4 Å². The Hall–Kier alpha value is -2.44. The number of carbonyl (C=O) groups is 3. The van der Waals surface area contributed by atoms with Crippen molar-refractivity contribution < 1.29 is 23.5 Å². The van der Waals surface area contributed by atoms with Crippen LogP contribution in [0.15, 0.2) is 42.5 Å². The Morgan fingerprint density at radius 3 is 2.47 bits per heavy atom. The van der Waals surface area contributed by atoms with Crippen LogP contribution >= 0.6 is 23.2 Å². The van der Waals surface area contributed by atoms with E-state index in [9.17, 15) is 18.8 Å². The molecular weight excluding hydrogens is 432 g/mol. The van der Waals surface area contributed by atoms with Crippen LogP contribution < -0.4 is 0 Å². The van der Waals surface area contributed by atoms with E-state index in [0.29, 0.717) is 23.4 Å². The van der Waals surface area contributed by atoms with Crippen molar-refractivity contribution in [2.75, 3.05) is 13.7 Å². The maximum absolute atomic E-state index is 13.9. The summed E-state index contributed by atoms with van der Waals surface area (Å²) in [6.45, 7) is -0.667. The lowest BCUT2D eigenvalue weighted by molar-refractivity contribution is -0.150. The number of esters is 1. The van der Waals surface area contributed by atoms with Gasteiger partial charge in [-0.15, -0.1) is 0 Å². The Balaban J connectivity index is 1.84. The maximum atomic E-state index is 13.9. The third-order valence-electron chi connectivity index (χ3n) is 5.41. The third kappa shape index (κ3) is 4.07. The summed E-state index contributed by atoms with van der Waals surface area (Å²) >= 11 is 12.2. The van der Waals surface area contributed by atoms with Crippen molar-refractivity contribution in [2.24, 2.45) is 0 Å². The minimum Gasteiger partial charge on any atom is -0.452 e. The molecule has 1 amide bonds. The number of likely N-dealkylation sites (N-methyl/N-ethyl adjacent to an activating group) is 1. The molecule has 1 unspecified atom stereocenters. The molecule has 1 aliphatic rings. The van der Waals surface area contributed by atoms with E-state index < -0.39 is 35.4 Å². The molecule has 0 aromatic heterocycles. The summed E-state index contributed by atoms with van der Waals surface area (Å²) in [6, 6.07) is 10.7. The quantitative estimate of drug-likeness (QED) is 0.613. The number of ether oxygens (including phenoxy) is 1. The predicted molar refractivity (Wildman–Crippen MR) is 111 cm³/mol. The Morgan fingerprint density at radius 1 is 1.10 bits per heavy atom. The molecule has 30 heavy (non-hydrogen) atoms. The van der Waals surface area contributed by atoms with E-state index in [1.165, 1.54) is 24.1 Å². The lowest BCUT2D eigenvalue weighted by Gasteiger charge is -2.43. The highest BCUT2D eigenvalue weighted by atomic mass is 35.5. The van der Waals surface area contributed by atoms with E-state index in [-0.39, 0.29) is 10.8 Å². The second kappa shape index (κ2) is 9.14. The van der Waals surface area contributed by atoms with Gasteiger partial charge in [-0.3, -0.25) is 9.59 Å². The van der Waals surface area contributed by atoms with E-state index in [2.05, 4.69) is 0 Å². The topological polar surface area (TPSA) is 63.7 Å². The van der Waals surface area contributed by atoms with Crippen LogP contribution in [-0.4, -0.2) is 36.2 Å². The van der Waals surface area contributed by atoms with Crippen molar-refractivity contribution in [3.8, 4) is 0 Å². The fourth-order valence-corrected chi connectivity index (χ4v) is 4.36. The number of ketones is 1. The molecule has 1 saturated carbocycles. The number of hydrogen-bond donors (Lipinski definition) is 0. The van der Waals surface area contributed by atoms with Gasteiger partial charge in [0.1, 0.15) is 16.9 Å². The van der Waals surface area contributed by atoms with Crippen LogP contribution in [0.5, 0.6) is 0 Å². The molecule has 0 radical (unpaired) electrons. The van der Waals surface area contributed by atoms with E-state index in [0.717, 1.165) is 18.9 Å². The molecule has 158 valence electrons. The van der Waals surface area contributed by atoms with Crippen LogP contribution in [0.2, 0.25) is 10.0 Å². The monoisotopic (exact) mass is 451 g/mol. The lowest BCUT2D eigenvalue weighted by atomic mass is 9.74. The molecule has 0 heterocycles. The van der Waals surface area contributed by atoms with Gasteiger partial charge in [0, 0.05) is 24.1 Å². The van der Waals surface area contributed by atoms with Crippen LogP contribution in [0, 0.1) is 5.82 Å². The summed E-state index contributed by atoms with van der Waals surface area (Å²) in [5, 5.41) is 0.262. The van der Waals surface area contributed by atoms with Gasteiger partial charge in [-0.25, -0.2) is 9.18 Å². The third-order valence-corrected chi connectivity index (χ3v) is 6.06. The molecule has 2 aromatic carbocycles. The summed E-state index contributed by atoms with van der Waals surface area (Å²) in [7, 11) is 1.48. The average molecular weight is 452 g/mol. The Bertz CT molecular complexity index is 977. The molecule has 0 aliphatic heterocycles. The minimum absolute atomic E-state index is 0.115. The van der Waals surface area contributed by atoms with Gasteiger partial charge in [0.05, 0.1) is 5.02 Å². The summed E-state index contributed by atoms with van der Waals surface area (Å²) in [6.07, 6.45) is 2.19. The molecule has 0 saturated heterocycles. The van der Waals surface area contributed by atoms with Crippen LogP contribution in [-0.2, 0) is 19.9 Å². The molecule has 3 rings (SSSR count). The smallest absolute Gasteiger partial charge is 0.343 e. The number of carbonyl (C=O) groups excluding carboxylic acids is 3. The zero-order valence-electron chi connectivity index (χ0n) is 16.3. The van der Waals surface area contributed by atoms with Crippen molar-refractivity contribution in [3.05, 3.63) is 69.5 Å². The SMILES string of the molecule is CN(C(=O)COC(=O)c1c(F)cccc1Cl)C1(c2ccccc2Cl)CCCCC1=O. The standard InChI is InChI=1S/C22H20Cl2FNO4/c1-26(19(28)13-30-21(29)20-16(24)9-6-10-17(20)25)22(12-5-4-11-18(22)27)14-7-2-3-8-15(14)23/h2-3,6-10H,4-5,11-13H2,1H3. The van der Waals surface area contributed by atoms with Gasteiger partial charge < -0.3 is 9.64 Å². The highest BCUT2D eigenvalue weighted by Gasteiger charge is 2.48. The molecule has 1 atom stereocenters. The number of rotatable bonds is 5. The van der Waals surface area contributed by atoms with Gasteiger partial charge in [0.2, 0.25) is 0 Å². The van der Waals surface area contributed by atoms with Crippen LogP contribution in [0.4, 0.5) is 4.39 Å². The number of nitrogens with zero attached hydrogens (tertiary/aromatic N) is 1. The largest absolute Gasteiger partial charge is 0.452 e. The van der Waals surface area contributed by atoms with Gasteiger partial charge in [-0.1, -0.05) is 47.5 Å². The van der Waals surface area contributed by atoms with Crippen molar-refractivity contribution in [1.82, 2.24) is 4.90 Å². The Kier molecular flexibility index (Phi) is 6.78. The van der Waals surface area contributed by atoms with Crippen LogP contribution in [0.25, 0.3) is 0 Å². The first-order valence-corrected chi connectivity index (χ1v) is 10.2. The molecule has 5 nitrogen and oxygen atoms in total. The number of benzene rings is 2. The maximum Gasteiger partial charge on any atom is 0.343 e. The molecule has 0 bridgehead atoms. The molecule has 8 heteroatoms. The van der Waals surface area contributed by atoms with E-state index in [1.54, 1.807) is 24.3 Å². The molecular formula is C22H20Cl2FNO4. The Morgan fingerprint density at radius 2 is 1.80 bits per heavy atom. The van der Waals surface area contributed by atoms with Crippen molar-refractivity contribution >= 4 is 40.9 Å². The Labute approximate surface area is 183 Å². The predicted octanol–water partition coefficient (Wildman–Crippen LogP) is 4.79. The van der Waals surface area contributed by atoms with Crippen LogP contribution in [0.3, 0.4) is 0 Å². The van der Waals surface area contributed by atoms with Gasteiger partial charge >= 0.3 is 5.97 Å². The van der Waals surface area contributed by atoms with Gasteiger partial charge in [-0.05, 0) is 37.5 Å². The lowest BCUT2D eigenvalue weighted by Crippen LogP contribution is -2.55. The minimum atomic E-state index is -1.24. The number of halogens is 3. The normalized spacial score (nSPS) is 18.7. The average Bonchev–Trinajstić information content (AvgIpc) is 2.72. The second-order valence-corrected chi connectivity index (χ2v) is 7.91. The number of amides is 1. The second-order valence-electron chi connectivity index (χ2n) is 7.10. The van der Waals surface area contributed by atoms with Crippen LogP contribution in [0.1, 0.15) is 41.6 Å². The summed E-state index contributed by atoms with van der Waals surface area (Å²) in [5.41, 5.74) is -1.14. The molecule has 2 aromatic rings. The zero-order valence-corrected chi connectivity index (χ0v) is 17.8. The van der Waals surface area contributed by atoms with Crippen molar-refractivity contribution in [2.45, 2.75) is 31.2 Å². The summed E-state index contributed by atoms with van der Waals surface area (Å²) in [5.74, 6) is -2.63. The van der Waals surface area contributed by atoms with Crippen molar-refractivity contribution in [1.29, 1.82) is 0 Å². The molecule has 1 aliphatic carbocycles. The van der Waals surface area contributed by atoms with Crippen molar-refractivity contribution in [3.63, 3.8) is 0 Å².